The van der Waals surface area contributed by atoms with Crippen LogP contribution in [0.5, 0.6) is 0 Å². The maximum Gasteiger partial charge on any atom is 0.268 e. The first-order chi connectivity index (χ1) is 20.2. The molecule has 0 fully saturated rings. The normalized spacial score (nSPS) is 11.5. The van der Waals surface area contributed by atoms with Crippen LogP contribution in [0.1, 0.15) is 33.1 Å². The zero-order chi connectivity index (χ0) is 28.0. The van der Waals surface area contributed by atoms with Crippen molar-refractivity contribution in [3.05, 3.63) is 174 Å². The van der Waals surface area contributed by atoms with Gasteiger partial charge in [-0.3, -0.25) is 9.59 Å². The molecule has 41 heavy (non-hydrogen) atoms. The van der Waals surface area contributed by atoms with Crippen molar-refractivity contribution in [3.63, 3.8) is 0 Å². The lowest BCUT2D eigenvalue weighted by Gasteiger charge is -2.21. The highest BCUT2D eigenvalue weighted by Crippen LogP contribution is 2.30. The third kappa shape index (κ3) is 5.63. The number of hydrogen-bond acceptors (Lipinski definition) is 2. The van der Waals surface area contributed by atoms with Crippen molar-refractivity contribution in [1.29, 1.82) is 0 Å². The molecular weight excluding hydrogens is 504 g/mol. The lowest BCUT2D eigenvalue weighted by Crippen LogP contribution is -2.37. The minimum absolute atomic E-state index is 0.164. The lowest BCUT2D eigenvalue weighted by molar-refractivity contribution is -0.118. The molecule has 2 N–H and O–H groups in total. The van der Waals surface area contributed by atoms with Gasteiger partial charge >= 0.3 is 0 Å². The Morgan fingerprint density at radius 1 is 0.561 bits per heavy atom. The van der Waals surface area contributed by atoms with Gasteiger partial charge in [0.2, 0.25) is 0 Å². The molecule has 0 aliphatic carbocycles. The number of hydrogen-bond donors (Lipinski definition) is 2. The van der Waals surface area contributed by atoms with Crippen molar-refractivity contribution in [2.24, 2.45) is 0 Å². The predicted molar refractivity (Wildman–Crippen MR) is 166 cm³/mol. The molecule has 0 spiro atoms. The smallest absolute Gasteiger partial charge is 0.268 e. The van der Waals surface area contributed by atoms with Crippen LogP contribution in [0, 0.1) is 0 Å². The van der Waals surface area contributed by atoms with Gasteiger partial charge in [-0.25, -0.2) is 0 Å². The Morgan fingerprint density at radius 3 is 1.56 bits per heavy atom. The molecule has 0 atom stereocenters. The first-order valence-corrected chi connectivity index (χ1v) is 13.6. The summed E-state index contributed by atoms with van der Waals surface area (Å²) < 4.78 is 0. The second-order valence-electron chi connectivity index (χ2n) is 9.84. The van der Waals surface area contributed by atoms with E-state index in [1.807, 2.05) is 103 Å². The molecule has 4 nitrogen and oxygen atoms in total. The van der Waals surface area contributed by atoms with E-state index >= 15 is 0 Å². The molecule has 0 radical (unpaired) electrons. The Bertz CT molecular complexity index is 1770. The molecule has 4 heteroatoms. The minimum atomic E-state index is -0.411. The van der Waals surface area contributed by atoms with Crippen LogP contribution in [-0.4, -0.2) is 11.8 Å². The van der Waals surface area contributed by atoms with Gasteiger partial charge in [-0.05, 0) is 62.5 Å². The number of nitrogens with one attached hydrogen (secondary N) is 2. The lowest BCUT2D eigenvalue weighted by atomic mass is 9.95. The van der Waals surface area contributed by atoms with Gasteiger partial charge in [0.05, 0.1) is 6.04 Å². The molecule has 2 amide bonds. The fourth-order valence-electron chi connectivity index (χ4n) is 5.15. The highest BCUT2D eigenvalue weighted by atomic mass is 16.2. The molecule has 6 aromatic carbocycles. The Morgan fingerprint density at radius 2 is 1.02 bits per heavy atom. The van der Waals surface area contributed by atoms with E-state index in [1.165, 1.54) is 0 Å². The van der Waals surface area contributed by atoms with E-state index in [1.54, 1.807) is 30.3 Å². The van der Waals surface area contributed by atoms with E-state index in [2.05, 4.69) is 28.8 Å². The second kappa shape index (κ2) is 11.7. The summed E-state index contributed by atoms with van der Waals surface area (Å²) in [4.78, 5) is 27.5. The van der Waals surface area contributed by atoms with Crippen LogP contribution in [0.3, 0.4) is 0 Å². The van der Waals surface area contributed by atoms with Crippen molar-refractivity contribution in [1.82, 2.24) is 10.6 Å². The summed E-state index contributed by atoms with van der Waals surface area (Å²) in [6.45, 7) is 0. The van der Waals surface area contributed by atoms with Crippen LogP contribution in [-0.2, 0) is 4.79 Å². The highest BCUT2D eigenvalue weighted by Gasteiger charge is 2.22. The summed E-state index contributed by atoms with van der Waals surface area (Å²) in [5.74, 6) is -0.739. The number of benzene rings is 6. The largest absolute Gasteiger partial charge is 0.340 e. The first-order valence-electron chi connectivity index (χ1n) is 13.6. The Labute approximate surface area is 239 Å². The second-order valence-corrected chi connectivity index (χ2v) is 9.84. The van der Waals surface area contributed by atoms with Gasteiger partial charge in [-0.2, -0.15) is 0 Å². The van der Waals surface area contributed by atoms with Crippen molar-refractivity contribution in [2.45, 2.75) is 6.04 Å². The molecule has 0 unspecified atom stereocenters. The fraction of sp³-hybridized carbons (Fsp3) is 0.0270. The topological polar surface area (TPSA) is 58.2 Å². The van der Waals surface area contributed by atoms with Crippen molar-refractivity contribution in [2.75, 3.05) is 0 Å². The van der Waals surface area contributed by atoms with E-state index in [0.717, 1.165) is 38.2 Å². The number of carbonyl (C=O) groups is 2. The first kappa shape index (κ1) is 25.8. The average Bonchev–Trinajstić information content (AvgIpc) is 3.04. The minimum Gasteiger partial charge on any atom is -0.340 e. The van der Waals surface area contributed by atoms with Gasteiger partial charge < -0.3 is 10.6 Å². The number of rotatable bonds is 7. The zero-order valence-corrected chi connectivity index (χ0v) is 22.3. The highest BCUT2D eigenvalue weighted by molar-refractivity contribution is 6.11. The predicted octanol–water partition coefficient (Wildman–Crippen LogP) is 7.67. The zero-order valence-electron chi connectivity index (χ0n) is 22.3. The standard InChI is InChI=1S/C37H28N2O2/c40-36(28-18-8-3-9-19-28)38-34(25-33-31-22-12-10-20-29(31)24-30-21-11-13-23-32(30)33)37(41)39-35(26-14-4-1-5-15-26)27-16-6-2-7-17-27/h1-25,35H,(H,38,40)(H,39,41)/b34-25+. The third-order valence-electron chi connectivity index (χ3n) is 7.17. The van der Waals surface area contributed by atoms with Crippen LogP contribution >= 0.6 is 0 Å². The van der Waals surface area contributed by atoms with Gasteiger partial charge in [-0.15, -0.1) is 0 Å². The summed E-state index contributed by atoms with van der Waals surface area (Å²) in [5, 5.41) is 10.2. The molecule has 6 aromatic rings. The maximum atomic E-state index is 14.1. The number of carbonyl (C=O) groups excluding carboxylic acids is 2. The molecule has 198 valence electrons. The molecule has 0 saturated carbocycles. The van der Waals surface area contributed by atoms with Crippen molar-refractivity contribution >= 4 is 39.4 Å². The van der Waals surface area contributed by atoms with Crippen molar-refractivity contribution in [3.8, 4) is 0 Å². The number of fused-ring (bicyclic) bond motifs is 2. The van der Waals surface area contributed by atoms with E-state index in [-0.39, 0.29) is 17.5 Å². The van der Waals surface area contributed by atoms with Gasteiger partial charge in [0.1, 0.15) is 5.70 Å². The average molecular weight is 533 g/mol. The van der Waals surface area contributed by atoms with Gasteiger partial charge in [-0.1, -0.05) is 127 Å². The Hall–Kier alpha value is -5.48. The number of amides is 2. The molecule has 6 rings (SSSR count). The van der Waals surface area contributed by atoms with E-state index in [9.17, 15) is 9.59 Å². The SMILES string of the molecule is O=C(NC(c1ccccc1)c1ccccc1)/C(=C\c1c2ccccc2cc2ccccc12)NC(=O)c1ccccc1. The van der Waals surface area contributed by atoms with Crippen LogP contribution < -0.4 is 10.6 Å². The molecule has 0 aromatic heterocycles. The van der Waals surface area contributed by atoms with E-state index < -0.39 is 6.04 Å². The van der Waals surface area contributed by atoms with E-state index in [0.29, 0.717) is 5.56 Å². The fourth-order valence-corrected chi connectivity index (χ4v) is 5.15. The molecule has 0 aliphatic rings. The summed E-state index contributed by atoms with van der Waals surface area (Å²) in [6, 6.07) is 46.5. The Kier molecular flexibility index (Phi) is 7.37. The van der Waals surface area contributed by atoms with Crippen molar-refractivity contribution < 1.29 is 9.59 Å². The summed E-state index contributed by atoms with van der Waals surface area (Å²) in [6.07, 6.45) is 1.80. The van der Waals surface area contributed by atoms with Gasteiger partial charge in [0.25, 0.3) is 11.8 Å². The van der Waals surface area contributed by atoms with E-state index in [4.69, 9.17) is 0 Å². The summed E-state index contributed by atoms with van der Waals surface area (Å²) in [5.41, 5.74) is 3.38. The molecule has 0 aliphatic heterocycles. The summed E-state index contributed by atoms with van der Waals surface area (Å²) >= 11 is 0. The molecule has 0 saturated heterocycles. The van der Waals surface area contributed by atoms with Gasteiger partial charge in [0, 0.05) is 5.56 Å². The quantitative estimate of drug-likeness (QED) is 0.164. The monoisotopic (exact) mass is 532 g/mol. The van der Waals surface area contributed by atoms with Crippen LogP contribution in [0.4, 0.5) is 0 Å². The maximum absolute atomic E-state index is 14.1. The van der Waals surface area contributed by atoms with Gasteiger partial charge in [0.15, 0.2) is 0 Å². The third-order valence-corrected chi connectivity index (χ3v) is 7.17. The molecule has 0 heterocycles. The van der Waals surface area contributed by atoms with Crippen LogP contribution in [0.25, 0.3) is 27.6 Å². The molecule has 0 bridgehead atoms. The molecular formula is C37H28N2O2. The van der Waals surface area contributed by atoms with Crippen LogP contribution in [0.15, 0.2) is 151 Å². The van der Waals surface area contributed by atoms with Crippen LogP contribution in [0.2, 0.25) is 0 Å². The Balaban J connectivity index is 1.48. The summed E-state index contributed by atoms with van der Waals surface area (Å²) in [7, 11) is 0.